The number of benzene rings is 2. The van der Waals surface area contributed by atoms with E-state index in [0.29, 0.717) is 17.5 Å². The molecular formula is C23H25N3O2S. The first-order valence-electron chi connectivity index (χ1n) is 9.37. The quantitative estimate of drug-likeness (QED) is 0.297. The molecule has 1 aromatic heterocycles. The third-order valence-electron chi connectivity index (χ3n) is 4.66. The highest BCUT2D eigenvalue weighted by Crippen LogP contribution is 2.27. The first-order valence-corrected chi connectivity index (χ1v) is 10.4. The molecule has 0 aliphatic carbocycles. The van der Waals surface area contributed by atoms with E-state index in [-0.39, 0.29) is 5.78 Å². The van der Waals surface area contributed by atoms with Gasteiger partial charge in [-0.1, -0.05) is 35.5 Å². The van der Waals surface area contributed by atoms with E-state index in [0.717, 1.165) is 33.8 Å². The number of Topliss-reactive ketones (excluding diaryl/α,β-unsaturated/α-hetero) is 1. The number of allylic oxidation sites excluding steroid dienone is 1. The number of ketones is 1. The largest absolute Gasteiger partial charge is 0.497 e. The summed E-state index contributed by atoms with van der Waals surface area (Å²) in [6, 6.07) is 11.8. The van der Waals surface area contributed by atoms with E-state index in [4.69, 9.17) is 4.74 Å². The molecule has 6 heteroatoms. The molecule has 0 radical (unpaired) electrons. The van der Waals surface area contributed by atoms with Crippen LogP contribution in [-0.4, -0.2) is 33.4 Å². The van der Waals surface area contributed by atoms with Crippen LogP contribution < -0.4 is 4.74 Å². The van der Waals surface area contributed by atoms with Gasteiger partial charge in [0.05, 0.1) is 12.9 Å². The van der Waals surface area contributed by atoms with Crippen molar-refractivity contribution in [2.24, 2.45) is 0 Å². The van der Waals surface area contributed by atoms with Gasteiger partial charge in [-0.2, -0.15) is 0 Å². The van der Waals surface area contributed by atoms with Crippen molar-refractivity contribution in [1.82, 2.24) is 14.8 Å². The molecule has 0 saturated carbocycles. The molecule has 0 N–H and O–H groups in total. The maximum absolute atomic E-state index is 12.9. The zero-order chi connectivity index (χ0) is 21.0. The van der Waals surface area contributed by atoms with Crippen LogP contribution in [0.2, 0.25) is 0 Å². The lowest BCUT2D eigenvalue weighted by atomic mass is 9.97. The fourth-order valence-electron chi connectivity index (χ4n) is 3.46. The van der Waals surface area contributed by atoms with Crippen LogP contribution in [0.1, 0.15) is 27.0 Å². The minimum Gasteiger partial charge on any atom is -0.497 e. The van der Waals surface area contributed by atoms with E-state index >= 15 is 0 Å². The highest BCUT2D eigenvalue weighted by Gasteiger charge is 2.18. The Morgan fingerprint density at radius 3 is 2.38 bits per heavy atom. The van der Waals surface area contributed by atoms with Crippen molar-refractivity contribution in [2.45, 2.75) is 32.5 Å². The predicted molar refractivity (Wildman–Crippen MR) is 118 cm³/mol. The predicted octanol–water partition coefficient (Wildman–Crippen LogP) is 5.04. The van der Waals surface area contributed by atoms with Crippen LogP contribution in [-0.2, 0) is 6.54 Å². The molecule has 0 unspecified atom stereocenters. The molecule has 0 saturated heterocycles. The van der Waals surface area contributed by atoms with Crippen molar-refractivity contribution in [3.8, 4) is 17.1 Å². The lowest BCUT2D eigenvalue weighted by Crippen LogP contribution is -2.09. The number of carbonyl (C=O) groups excluding carboxylic acids is 1. The second-order valence-electron chi connectivity index (χ2n) is 6.92. The van der Waals surface area contributed by atoms with E-state index in [2.05, 4.69) is 16.8 Å². The molecule has 3 aromatic rings. The van der Waals surface area contributed by atoms with Crippen LogP contribution in [0.5, 0.6) is 5.75 Å². The van der Waals surface area contributed by atoms with Gasteiger partial charge in [0.25, 0.3) is 0 Å². The summed E-state index contributed by atoms with van der Waals surface area (Å²) in [7, 11) is 1.64. The Bertz CT molecular complexity index is 1020. The number of thioether (sulfide) groups is 1. The number of aryl methyl sites for hydroxylation is 3. The number of methoxy groups -OCH3 is 1. The van der Waals surface area contributed by atoms with Crippen LogP contribution >= 0.6 is 11.8 Å². The number of carbonyl (C=O) groups is 1. The highest BCUT2D eigenvalue weighted by atomic mass is 32.2. The molecule has 0 atom stereocenters. The minimum atomic E-state index is 0.101. The summed E-state index contributed by atoms with van der Waals surface area (Å²) >= 11 is 1.40. The van der Waals surface area contributed by atoms with Gasteiger partial charge in [-0.3, -0.25) is 9.36 Å². The number of hydrogen-bond donors (Lipinski definition) is 0. The maximum atomic E-state index is 12.9. The lowest BCUT2D eigenvalue weighted by molar-refractivity contribution is 0.102. The molecule has 2 aromatic carbocycles. The molecule has 1 heterocycles. The van der Waals surface area contributed by atoms with Gasteiger partial charge in [0.1, 0.15) is 5.75 Å². The van der Waals surface area contributed by atoms with E-state index in [1.807, 2.05) is 61.7 Å². The highest BCUT2D eigenvalue weighted by molar-refractivity contribution is 7.99. The molecule has 0 bridgehead atoms. The minimum absolute atomic E-state index is 0.101. The van der Waals surface area contributed by atoms with Crippen molar-refractivity contribution in [1.29, 1.82) is 0 Å². The van der Waals surface area contributed by atoms with Crippen LogP contribution in [0.15, 0.2) is 54.2 Å². The molecule has 0 aliphatic heterocycles. The summed E-state index contributed by atoms with van der Waals surface area (Å²) in [5.41, 5.74) is 4.93. The first kappa shape index (κ1) is 20.9. The maximum Gasteiger partial charge on any atom is 0.192 e. The molecule has 150 valence electrons. The Morgan fingerprint density at radius 2 is 1.79 bits per heavy atom. The van der Waals surface area contributed by atoms with Crippen molar-refractivity contribution in [3.05, 3.63) is 71.3 Å². The summed E-state index contributed by atoms with van der Waals surface area (Å²) in [5.74, 6) is 1.93. The lowest BCUT2D eigenvalue weighted by Gasteiger charge is -2.11. The Morgan fingerprint density at radius 1 is 1.14 bits per heavy atom. The van der Waals surface area contributed by atoms with Crippen molar-refractivity contribution >= 4 is 17.5 Å². The zero-order valence-electron chi connectivity index (χ0n) is 17.2. The Hall–Kier alpha value is -2.86. The third-order valence-corrected chi connectivity index (χ3v) is 5.63. The number of ether oxygens (including phenoxy) is 1. The van der Waals surface area contributed by atoms with Gasteiger partial charge in [-0.05, 0) is 56.2 Å². The molecule has 3 rings (SSSR count). The second kappa shape index (κ2) is 9.09. The second-order valence-corrected chi connectivity index (χ2v) is 7.86. The number of rotatable bonds is 8. The molecule has 29 heavy (non-hydrogen) atoms. The van der Waals surface area contributed by atoms with E-state index < -0.39 is 0 Å². The summed E-state index contributed by atoms with van der Waals surface area (Å²) in [6.07, 6.45) is 1.80. The first-order chi connectivity index (χ1) is 13.9. The van der Waals surface area contributed by atoms with Crippen molar-refractivity contribution in [3.63, 3.8) is 0 Å². The monoisotopic (exact) mass is 407 g/mol. The number of nitrogens with zero attached hydrogens (tertiary/aromatic N) is 3. The van der Waals surface area contributed by atoms with Gasteiger partial charge in [0.2, 0.25) is 0 Å². The average molecular weight is 408 g/mol. The van der Waals surface area contributed by atoms with Gasteiger partial charge in [0, 0.05) is 17.7 Å². The van der Waals surface area contributed by atoms with Gasteiger partial charge in [0.15, 0.2) is 16.8 Å². The van der Waals surface area contributed by atoms with Crippen LogP contribution in [0.25, 0.3) is 11.4 Å². The molecular weight excluding hydrogens is 382 g/mol. The fraction of sp³-hybridized carbons (Fsp3) is 0.261. The van der Waals surface area contributed by atoms with Crippen molar-refractivity contribution < 1.29 is 9.53 Å². The van der Waals surface area contributed by atoms with Gasteiger partial charge in [-0.15, -0.1) is 16.8 Å². The van der Waals surface area contributed by atoms with Crippen LogP contribution in [0.3, 0.4) is 0 Å². The normalized spacial score (nSPS) is 10.8. The molecule has 0 fully saturated rings. The number of aromatic nitrogens is 3. The smallest absolute Gasteiger partial charge is 0.192 e. The summed E-state index contributed by atoms with van der Waals surface area (Å²) in [5, 5.41) is 9.37. The van der Waals surface area contributed by atoms with Gasteiger partial charge >= 0.3 is 0 Å². The third kappa shape index (κ3) is 4.59. The number of hydrogen-bond acceptors (Lipinski definition) is 5. The standard InChI is InChI=1S/C23H25N3O2S/c1-6-11-26-22(18-7-9-19(28-5)10-8-18)24-25-23(26)29-14-20(27)21-16(3)12-15(2)13-17(21)4/h6-10,12-13H,1,11,14H2,2-5H3. The van der Waals surface area contributed by atoms with Crippen LogP contribution in [0, 0.1) is 20.8 Å². The topological polar surface area (TPSA) is 57.0 Å². The van der Waals surface area contributed by atoms with E-state index in [1.165, 1.54) is 17.3 Å². The summed E-state index contributed by atoms with van der Waals surface area (Å²) < 4.78 is 7.19. The Labute approximate surface area is 175 Å². The fourth-order valence-corrected chi connectivity index (χ4v) is 4.28. The van der Waals surface area contributed by atoms with Gasteiger partial charge in [-0.25, -0.2) is 0 Å². The van der Waals surface area contributed by atoms with E-state index in [9.17, 15) is 4.79 Å². The van der Waals surface area contributed by atoms with E-state index in [1.54, 1.807) is 13.2 Å². The summed E-state index contributed by atoms with van der Waals surface area (Å²) in [4.78, 5) is 12.9. The zero-order valence-corrected chi connectivity index (χ0v) is 18.0. The molecule has 0 amide bonds. The van der Waals surface area contributed by atoms with Gasteiger partial charge < -0.3 is 4.74 Å². The molecule has 0 spiro atoms. The van der Waals surface area contributed by atoms with Crippen molar-refractivity contribution in [2.75, 3.05) is 12.9 Å². The molecule has 0 aliphatic rings. The average Bonchev–Trinajstić information content (AvgIpc) is 3.08. The SMILES string of the molecule is C=CCn1c(SCC(=O)c2c(C)cc(C)cc2C)nnc1-c1ccc(OC)cc1. The molecule has 5 nitrogen and oxygen atoms in total. The summed E-state index contributed by atoms with van der Waals surface area (Å²) in [6.45, 7) is 10.4. The van der Waals surface area contributed by atoms with Crippen LogP contribution in [0.4, 0.5) is 0 Å². The Balaban J connectivity index is 1.83. The Kier molecular flexibility index (Phi) is 6.54.